The second kappa shape index (κ2) is 17.4. The van der Waals surface area contributed by atoms with Crippen LogP contribution in [0.5, 0.6) is 0 Å². The summed E-state index contributed by atoms with van der Waals surface area (Å²) < 4.78 is 0. The number of hydrogen-bond acceptors (Lipinski definition) is 0. The molecule has 0 saturated heterocycles. The fraction of sp³-hybridized carbons (Fsp3) is 1.00. The van der Waals surface area contributed by atoms with Gasteiger partial charge in [0.2, 0.25) is 0 Å². The van der Waals surface area contributed by atoms with Crippen LogP contribution in [-0.4, -0.2) is 16.5 Å². The fourth-order valence-electron chi connectivity index (χ4n) is 0.323. The Hall–Kier alpha value is 1.25. The number of unbranched alkanes of at least 4 members (excludes halogenated alkanes) is 2. The average molecular weight is 308 g/mol. The number of alkyl halides is 3. The van der Waals surface area contributed by atoms with Crippen LogP contribution in [0.1, 0.15) is 32.6 Å². The molecule has 0 atom stereocenters. The van der Waals surface area contributed by atoms with Gasteiger partial charge in [0, 0.05) is 16.5 Å². The Bertz CT molecular complexity index is 45.4. The summed E-state index contributed by atoms with van der Waals surface area (Å²) in [4.78, 5) is 0. The van der Waals surface area contributed by atoms with Gasteiger partial charge in [-0.15, -0.1) is 11.6 Å². The van der Waals surface area contributed by atoms with Crippen LogP contribution in [0.3, 0.4) is 0 Å². The van der Waals surface area contributed by atoms with Crippen molar-refractivity contribution >= 4 is 43.5 Å². The van der Waals surface area contributed by atoms with Crippen molar-refractivity contribution in [3.63, 3.8) is 0 Å². The molecule has 11 heavy (non-hydrogen) atoms. The summed E-state index contributed by atoms with van der Waals surface area (Å²) in [7, 11) is 0. The molecule has 0 aliphatic heterocycles. The molecule has 0 fully saturated rings. The number of rotatable bonds is 5. The maximum absolute atomic E-state index is 5.36. The molecule has 0 aliphatic carbocycles. The minimum absolute atomic E-state index is 0.797. The molecule has 0 aliphatic rings. The quantitative estimate of drug-likeness (QED) is 0.515. The lowest BCUT2D eigenvalue weighted by Gasteiger charge is -1.83. The van der Waals surface area contributed by atoms with Crippen LogP contribution in [0.4, 0.5) is 0 Å². The Balaban J connectivity index is 0. The first-order valence-electron chi connectivity index (χ1n) is 4.01. The van der Waals surface area contributed by atoms with E-state index in [1.807, 2.05) is 0 Å². The van der Waals surface area contributed by atoms with Crippen LogP contribution < -0.4 is 0 Å². The van der Waals surface area contributed by atoms with Crippen molar-refractivity contribution in [3.8, 4) is 0 Å². The Kier molecular flexibility index (Phi) is 23.3. The molecule has 0 aromatic rings. The number of hydrogen-bond donors (Lipinski definition) is 0. The lowest BCUT2D eigenvalue weighted by Crippen LogP contribution is -1.74. The Labute approximate surface area is 92.3 Å². The largest absolute Gasteiger partial charge is 0.127 e. The van der Waals surface area contributed by atoms with Gasteiger partial charge < -0.3 is 0 Å². The summed E-state index contributed by atoms with van der Waals surface area (Å²) in [6.07, 6.45) is 4.93. The highest BCUT2D eigenvalue weighted by molar-refractivity contribution is 9.09. The zero-order valence-electron chi connectivity index (χ0n) is 7.08. The average Bonchev–Trinajstić information content (AvgIpc) is 2.04. The molecule has 0 spiro atoms. The van der Waals surface area contributed by atoms with Gasteiger partial charge in [-0.3, -0.25) is 0 Å². The maximum Gasteiger partial charge on any atom is 0.0223 e. The smallest absolute Gasteiger partial charge is 0.0223 e. The Morgan fingerprint density at radius 2 is 1.55 bits per heavy atom. The van der Waals surface area contributed by atoms with E-state index in [9.17, 15) is 0 Å². The maximum atomic E-state index is 5.36. The SMILES string of the molecule is CCCCBr.ClCCCCBr. The first kappa shape index (κ1) is 14.8. The molecule has 0 N–H and O–H groups in total. The van der Waals surface area contributed by atoms with Gasteiger partial charge >= 0.3 is 0 Å². The van der Waals surface area contributed by atoms with Gasteiger partial charge in [0.15, 0.2) is 0 Å². The molecule has 0 aromatic carbocycles. The first-order valence-corrected chi connectivity index (χ1v) is 6.79. The summed E-state index contributed by atoms with van der Waals surface area (Å²) in [5.74, 6) is 0.797. The third-order valence-corrected chi connectivity index (χ3v) is 2.39. The van der Waals surface area contributed by atoms with E-state index in [4.69, 9.17) is 11.6 Å². The molecule has 70 valence electrons. The van der Waals surface area contributed by atoms with Crippen LogP contribution >= 0.6 is 43.5 Å². The van der Waals surface area contributed by atoms with E-state index in [-0.39, 0.29) is 0 Å². The highest BCUT2D eigenvalue weighted by Crippen LogP contribution is 1.94. The van der Waals surface area contributed by atoms with E-state index in [2.05, 4.69) is 38.8 Å². The van der Waals surface area contributed by atoms with Gasteiger partial charge in [0.05, 0.1) is 0 Å². The molecule has 0 amide bonds. The van der Waals surface area contributed by atoms with Crippen molar-refractivity contribution in [3.05, 3.63) is 0 Å². The molecule has 0 unspecified atom stereocenters. The zero-order valence-corrected chi connectivity index (χ0v) is 11.0. The van der Waals surface area contributed by atoms with E-state index < -0.39 is 0 Å². The van der Waals surface area contributed by atoms with Gasteiger partial charge in [0.1, 0.15) is 0 Å². The van der Waals surface area contributed by atoms with Gasteiger partial charge in [-0.1, -0.05) is 45.2 Å². The van der Waals surface area contributed by atoms with Crippen LogP contribution in [-0.2, 0) is 0 Å². The molecular weight excluding hydrogens is 291 g/mol. The summed E-state index contributed by atoms with van der Waals surface area (Å²) in [6, 6.07) is 0. The minimum Gasteiger partial charge on any atom is -0.127 e. The molecule has 0 heterocycles. The summed E-state index contributed by atoms with van der Waals surface area (Å²) >= 11 is 12.0. The van der Waals surface area contributed by atoms with Crippen molar-refractivity contribution in [1.29, 1.82) is 0 Å². The van der Waals surface area contributed by atoms with Crippen molar-refractivity contribution in [1.82, 2.24) is 0 Å². The summed E-state index contributed by atoms with van der Waals surface area (Å²) in [6.45, 7) is 2.18. The monoisotopic (exact) mass is 306 g/mol. The van der Waals surface area contributed by atoms with E-state index in [0.717, 1.165) is 23.0 Å². The molecule has 0 saturated carbocycles. The van der Waals surface area contributed by atoms with Crippen molar-refractivity contribution in [2.45, 2.75) is 32.6 Å². The van der Waals surface area contributed by atoms with Gasteiger partial charge in [-0.25, -0.2) is 0 Å². The number of halogens is 3. The highest BCUT2D eigenvalue weighted by Gasteiger charge is 1.78. The fourth-order valence-corrected chi connectivity index (χ4v) is 1.47. The predicted octanol–water partition coefficient (Wildman–Crippen LogP) is 4.58. The van der Waals surface area contributed by atoms with Crippen molar-refractivity contribution < 1.29 is 0 Å². The van der Waals surface area contributed by atoms with Crippen molar-refractivity contribution in [2.75, 3.05) is 16.5 Å². The zero-order chi connectivity index (χ0) is 8.95. The van der Waals surface area contributed by atoms with Crippen molar-refractivity contribution in [2.24, 2.45) is 0 Å². The Morgan fingerprint density at radius 3 is 1.64 bits per heavy atom. The Morgan fingerprint density at radius 1 is 1.00 bits per heavy atom. The molecule has 0 radical (unpaired) electrons. The van der Waals surface area contributed by atoms with E-state index >= 15 is 0 Å². The molecule has 3 heteroatoms. The lowest BCUT2D eigenvalue weighted by atomic mass is 10.4. The van der Waals surface area contributed by atoms with Crippen LogP contribution in [0.15, 0.2) is 0 Å². The van der Waals surface area contributed by atoms with E-state index in [0.29, 0.717) is 0 Å². The van der Waals surface area contributed by atoms with Crippen LogP contribution in [0.25, 0.3) is 0 Å². The molecule has 0 nitrogen and oxygen atoms in total. The molecular formula is C8H17Br2Cl. The van der Waals surface area contributed by atoms with Crippen LogP contribution in [0, 0.1) is 0 Å². The van der Waals surface area contributed by atoms with E-state index in [1.165, 1.54) is 19.3 Å². The molecule has 0 bridgehead atoms. The van der Waals surface area contributed by atoms with Gasteiger partial charge in [0.25, 0.3) is 0 Å². The molecule has 0 rings (SSSR count). The second-order valence-corrected chi connectivity index (χ2v) is 4.09. The topological polar surface area (TPSA) is 0 Å². The van der Waals surface area contributed by atoms with Crippen LogP contribution in [0.2, 0.25) is 0 Å². The first-order chi connectivity index (χ1) is 5.33. The van der Waals surface area contributed by atoms with Gasteiger partial charge in [-0.05, 0) is 19.3 Å². The summed E-state index contributed by atoms with van der Waals surface area (Å²) in [5.41, 5.74) is 0. The molecule has 0 aromatic heterocycles. The standard InChI is InChI=1S/C4H8BrCl.C4H9Br/c5-3-1-2-4-6;1-2-3-4-5/h1-4H2;2-4H2,1H3. The van der Waals surface area contributed by atoms with Gasteiger partial charge in [-0.2, -0.15) is 0 Å². The highest BCUT2D eigenvalue weighted by atomic mass is 79.9. The predicted molar refractivity (Wildman–Crippen MR) is 62.5 cm³/mol. The third kappa shape index (κ3) is 24.6. The lowest BCUT2D eigenvalue weighted by molar-refractivity contribution is 0.902. The minimum atomic E-state index is 0.797. The summed E-state index contributed by atoms with van der Waals surface area (Å²) in [5, 5.41) is 2.24. The third-order valence-electron chi connectivity index (χ3n) is 1.00. The van der Waals surface area contributed by atoms with E-state index in [1.54, 1.807) is 0 Å². The second-order valence-electron chi connectivity index (χ2n) is 2.13. The normalized spacial score (nSPS) is 8.73.